The number of pyridine rings is 1. The lowest BCUT2D eigenvalue weighted by Crippen LogP contribution is -2.33. The predicted molar refractivity (Wildman–Crippen MR) is 123 cm³/mol. The van der Waals surface area contributed by atoms with Crippen LogP contribution >= 0.6 is 0 Å². The summed E-state index contributed by atoms with van der Waals surface area (Å²) in [5.74, 6) is 0. The SMILES string of the molecule is C1=[N+](c2ccc(-c3cnc4c(-c5ccnc6ccccc56)cnn4c3)cc2)CCNC1. The molecule has 0 aliphatic carbocycles. The number of hydrogen-bond donors (Lipinski definition) is 1. The Morgan fingerprint density at radius 1 is 0.871 bits per heavy atom. The van der Waals surface area contributed by atoms with E-state index in [2.05, 4.69) is 56.5 Å². The van der Waals surface area contributed by atoms with Gasteiger partial charge in [-0.15, -0.1) is 0 Å². The number of rotatable bonds is 3. The van der Waals surface area contributed by atoms with Gasteiger partial charge in [0.05, 0.1) is 24.8 Å². The molecule has 3 aromatic heterocycles. The van der Waals surface area contributed by atoms with Crippen molar-refractivity contribution in [2.45, 2.75) is 0 Å². The zero-order valence-electron chi connectivity index (χ0n) is 16.9. The number of aromatic nitrogens is 4. The van der Waals surface area contributed by atoms with Crippen molar-refractivity contribution in [1.82, 2.24) is 24.9 Å². The second-order valence-electron chi connectivity index (χ2n) is 7.67. The van der Waals surface area contributed by atoms with Gasteiger partial charge in [0.15, 0.2) is 18.4 Å². The Hall–Kier alpha value is -3.90. The first-order chi connectivity index (χ1) is 15.4. The maximum absolute atomic E-state index is 4.77. The lowest BCUT2D eigenvalue weighted by Gasteiger charge is -2.09. The molecule has 0 fully saturated rings. The molecule has 0 saturated carbocycles. The Balaban J connectivity index is 1.38. The summed E-state index contributed by atoms with van der Waals surface area (Å²) >= 11 is 0. The van der Waals surface area contributed by atoms with Crippen LogP contribution in [0.2, 0.25) is 0 Å². The summed E-state index contributed by atoms with van der Waals surface area (Å²) in [6.45, 7) is 2.91. The largest absolute Gasteiger partial charge is 0.302 e. The van der Waals surface area contributed by atoms with Gasteiger partial charge in [0.1, 0.15) is 0 Å². The van der Waals surface area contributed by atoms with Crippen molar-refractivity contribution in [2.24, 2.45) is 0 Å². The Morgan fingerprint density at radius 3 is 2.65 bits per heavy atom. The highest BCUT2D eigenvalue weighted by Crippen LogP contribution is 2.30. The van der Waals surface area contributed by atoms with E-state index in [1.165, 1.54) is 5.69 Å². The van der Waals surface area contributed by atoms with E-state index in [-0.39, 0.29) is 0 Å². The van der Waals surface area contributed by atoms with E-state index in [1.807, 2.05) is 53.6 Å². The fourth-order valence-corrected chi connectivity index (χ4v) is 4.19. The average Bonchev–Trinajstić information content (AvgIpc) is 3.27. The molecule has 0 bridgehead atoms. The second-order valence-corrected chi connectivity index (χ2v) is 7.67. The molecule has 4 heterocycles. The smallest absolute Gasteiger partial charge is 0.205 e. The maximum atomic E-state index is 4.77. The zero-order valence-corrected chi connectivity index (χ0v) is 16.9. The first kappa shape index (κ1) is 17.9. The van der Waals surface area contributed by atoms with Crippen LogP contribution < -0.4 is 5.32 Å². The van der Waals surface area contributed by atoms with E-state index < -0.39 is 0 Å². The van der Waals surface area contributed by atoms with E-state index in [4.69, 9.17) is 4.98 Å². The predicted octanol–water partition coefficient (Wildman–Crippen LogP) is 3.93. The Bertz CT molecular complexity index is 1430. The first-order valence-corrected chi connectivity index (χ1v) is 10.5. The molecule has 150 valence electrons. The molecule has 31 heavy (non-hydrogen) atoms. The van der Waals surface area contributed by atoms with Crippen molar-refractivity contribution in [1.29, 1.82) is 0 Å². The van der Waals surface area contributed by atoms with Crippen LogP contribution in [0.25, 0.3) is 38.8 Å². The van der Waals surface area contributed by atoms with Crippen LogP contribution in [-0.2, 0) is 0 Å². The standard InChI is InChI=1S/C25H21N6/c1-2-4-24-22(3-1)21(9-10-27-24)23-16-29-31-17-19(15-28-25(23)31)18-5-7-20(8-6-18)30-13-11-26-12-14-30/h1-10,13,15-17,26H,11-12,14H2/q+1. The van der Waals surface area contributed by atoms with Crippen LogP contribution in [0, 0.1) is 0 Å². The van der Waals surface area contributed by atoms with Crippen LogP contribution in [0.5, 0.6) is 0 Å². The molecule has 0 unspecified atom stereocenters. The quantitative estimate of drug-likeness (QED) is 0.462. The number of benzene rings is 2. The van der Waals surface area contributed by atoms with Crippen molar-refractivity contribution in [3.05, 3.63) is 79.4 Å². The third-order valence-electron chi connectivity index (χ3n) is 5.81. The van der Waals surface area contributed by atoms with E-state index in [0.29, 0.717) is 0 Å². The minimum atomic E-state index is 0.840. The molecule has 0 spiro atoms. The van der Waals surface area contributed by atoms with E-state index >= 15 is 0 Å². The third-order valence-corrected chi connectivity index (χ3v) is 5.81. The fourth-order valence-electron chi connectivity index (χ4n) is 4.19. The van der Waals surface area contributed by atoms with Gasteiger partial charge in [0.2, 0.25) is 5.69 Å². The van der Waals surface area contributed by atoms with Crippen molar-refractivity contribution in [2.75, 3.05) is 19.6 Å². The average molecular weight is 405 g/mol. The molecule has 5 aromatic rings. The summed E-state index contributed by atoms with van der Waals surface area (Å²) < 4.78 is 4.15. The van der Waals surface area contributed by atoms with E-state index in [0.717, 1.165) is 58.4 Å². The van der Waals surface area contributed by atoms with Gasteiger partial charge in [-0.3, -0.25) is 4.98 Å². The molecule has 0 atom stereocenters. The van der Waals surface area contributed by atoms with Crippen LogP contribution in [-0.4, -0.2) is 50.0 Å². The lowest BCUT2D eigenvalue weighted by molar-refractivity contribution is -0.438. The normalized spacial score (nSPS) is 14.1. The van der Waals surface area contributed by atoms with Gasteiger partial charge in [-0.25, -0.2) is 14.1 Å². The van der Waals surface area contributed by atoms with Crippen molar-refractivity contribution >= 4 is 28.5 Å². The molecule has 1 aliphatic heterocycles. The molecular weight excluding hydrogens is 384 g/mol. The zero-order chi connectivity index (χ0) is 20.6. The number of nitrogens with one attached hydrogen (secondary N) is 1. The van der Waals surface area contributed by atoms with Crippen LogP contribution in [0.15, 0.2) is 79.4 Å². The number of nitrogens with zero attached hydrogens (tertiary/aromatic N) is 5. The molecule has 1 aliphatic rings. The van der Waals surface area contributed by atoms with Gasteiger partial charge in [-0.1, -0.05) is 18.2 Å². The van der Waals surface area contributed by atoms with Gasteiger partial charge in [-0.2, -0.15) is 5.10 Å². The molecule has 0 saturated heterocycles. The summed E-state index contributed by atoms with van der Waals surface area (Å²) in [6.07, 6.45) is 9.89. The minimum Gasteiger partial charge on any atom is -0.302 e. The summed E-state index contributed by atoms with van der Waals surface area (Å²) in [6, 6.07) is 18.8. The Morgan fingerprint density at radius 2 is 1.77 bits per heavy atom. The number of fused-ring (bicyclic) bond motifs is 2. The second kappa shape index (κ2) is 7.41. The van der Waals surface area contributed by atoms with Gasteiger partial charge in [-0.05, 0) is 35.4 Å². The van der Waals surface area contributed by atoms with Gasteiger partial charge < -0.3 is 5.32 Å². The summed E-state index contributed by atoms with van der Waals surface area (Å²) in [5, 5.41) is 9.04. The summed E-state index contributed by atoms with van der Waals surface area (Å²) in [5.41, 5.74) is 7.29. The Labute approximate surface area is 179 Å². The highest BCUT2D eigenvalue weighted by Gasteiger charge is 2.14. The molecule has 2 aromatic carbocycles. The van der Waals surface area contributed by atoms with Crippen molar-refractivity contribution < 1.29 is 4.58 Å². The topological polar surface area (TPSA) is 58.1 Å². The maximum Gasteiger partial charge on any atom is 0.205 e. The van der Waals surface area contributed by atoms with Crippen LogP contribution in [0.1, 0.15) is 0 Å². The molecule has 6 rings (SSSR count). The van der Waals surface area contributed by atoms with E-state index in [1.54, 1.807) is 0 Å². The Kier molecular flexibility index (Phi) is 4.28. The van der Waals surface area contributed by atoms with Gasteiger partial charge >= 0.3 is 0 Å². The van der Waals surface area contributed by atoms with Crippen molar-refractivity contribution in [3.63, 3.8) is 0 Å². The minimum absolute atomic E-state index is 0.840. The number of para-hydroxylation sites is 1. The van der Waals surface area contributed by atoms with E-state index in [9.17, 15) is 0 Å². The highest BCUT2D eigenvalue weighted by molar-refractivity contribution is 5.97. The monoisotopic (exact) mass is 405 g/mol. The number of hydrogen-bond acceptors (Lipinski definition) is 4. The van der Waals surface area contributed by atoms with Crippen LogP contribution in [0.3, 0.4) is 0 Å². The molecule has 6 heteroatoms. The third kappa shape index (κ3) is 3.17. The molecular formula is C25H21N6+. The summed E-state index contributed by atoms with van der Waals surface area (Å²) in [7, 11) is 0. The van der Waals surface area contributed by atoms with Gasteiger partial charge in [0, 0.05) is 47.2 Å². The molecule has 0 amide bonds. The summed E-state index contributed by atoms with van der Waals surface area (Å²) in [4.78, 5) is 9.24. The fraction of sp³-hybridized carbons (Fsp3) is 0.120. The molecule has 1 N–H and O–H groups in total. The highest BCUT2D eigenvalue weighted by atomic mass is 15.2. The molecule has 6 nitrogen and oxygen atoms in total. The van der Waals surface area contributed by atoms with Crippen LogP contribution in [0.4, 0.5) is 5.69 Å². The molecule has 0 radical (unpaired) electrons. The van der Waals surface area contributed by atoms with Gasteiger partial charge in [0.25, 0.3) is 0 Å². The first-order valence-electron chi connectivity index (χ1n) is 10.5. The van der Waals surface area contributed by atoms with Crippen molar-refractivity contribution in [3.8, 4) is 22.3 Å². The lowest BCUT2D eigenvalue weighted by atomic mass is 10.0.